The zero-order valence-electron chi connectivity index (χ0n) is 18.9. The van der Waals surface area contributed by atoms with Gasteiger partial charge in [0.2, 0.25) is 0 Å². The molecule has 7 heteroatoms. The van der Waals surface area contributed by atoms with E-state index in [1.807, 2.05) is 73.1 Å². The van der Waals surface area contributed by atoms with Crippen LogP contribution in [0.15, 0.2) is 91.4 Å². The second-order valence-electron chi connectivity index (χ2n) is 8.82. The Morgan fingerprint density at radius 1 is 1.03 bits per heavy atom. The van der Waals surface area contributed by atoms with Gasteiger partial charge < -0.3 is 10.4 Å². The van der Waals surface area contributed by atoms with Crippen molar-refractivity contribution >= 4 is 16.7 Å². The monoisotopic (exact) mass is 461 g/mol. The molecule has 0 spiro atoms. The number of fused-ring (bicyclic) bond motifs is 2. The van der Waals surface area contributed by atoms with Crippen LogP contribution in [-0.4, -0.2) is 37.1 Å². The van der Waals surface area contributed by atoms with Gasteiger partial charge in [0.1, 0.15) is 5.69 Å². The summed E-state index contributed by atoms with van der Waals surface area (Å²) in [5.41, 5.74) is 5.15. The molecule has 0 saturated carbocycles. The molecule has 2 atom stereocenters. The van der Waals surface area contributed by atoms with E-state index in [4.69, 9.17) is 0 Å². The summed E-state index contributed by atoms with van der Waals surface area (Å²) in [6.07, 6.45) is 5.39. The van der Waals surface area contributed by atoms with Crippen molar-refractivity contribution in [2.24, 2.45) is 0 Å². The quantitative estimate of drug-likeness (QED) is 0.414. The van der Waals surface area contributed by atoms with E-state index < -0.39 is 12.1 Å². The molecule has 0 saturated heterocycles. The van der Waals surface area contributed by atoms with Gasteiger partial charge in [-0.2, -0.15) is 0 Å². The summed E-state index contributed by atoms with van der Waals surface area (Å²) in [5.74, 6) is -0.218. The third-order valence-electron chi connectivity index (χ3n) is 6.56. The number of aliphatic hydroxyl groups excluding tert-OH is 1. The molecule has 5 aromatic rings. The first-order valence-electron chi connectivity index (χ1n) is 11.5. The molecule has 0 radical (unpaired) electrons. The minimum atomic E-state index is -0.640. The predicted octanol–water partition coefficient (Wildman–Crippen LogP) is 3.93. The molecule has 6 rings (SSSR count). The summed E-state index contributed by atoms with van der Waals surface area (Å²) in [5, 5.41) is 24.4. The maximum Gasteiger partial charge on any atom is 0.252 e. The van der Waals surface area contributed by atoms with Gasteiger partial charge in [-0.25, -0.2) is 4.68 Å². The molecule has 0 bridgehead atoms. The predicted molar refractivity (Wildman–Crippen MR) is 133 cm³/mol. The van der Waals surface area contributed by atoms with Crippen molar-refractivity contribution in [3.05, 3.63) is 114 Å². The first kappa shape index (κ1) is 21.2. The highest BCUT2D eigenvalue weighted by Gasteiger charge is 2.32. The molecule has 0 aliphatic heterocycles. The minimum Gasteiger partial charge on any atom is -0.390 e. The molecule has 0 fully saturated rings. The molecule has 2 aromatic heterocycles. The lowest BCUT2D eigenvalue weighted by atomic mass is 10.0. The Morgan fingerprint density at radius 2 is 1.89 bits per heavy atom. The highest BCUT2D eigenvalue weighted by atomic mass is 16.3. The van der Waals surface area contributed by atoms with Crippen molar-refractivity contribution < 1.29 is 9.90 Å². The van der Waals surface area contributed by atoms with Crippen LogP contribution in [0.2, 0.25) is 0 Å². The maximum atomic E-state index is 13.2. The summed E-state index contributed by atoms with van der Waals surface area (Å²) in [6, 6.07) is 22.9. The van der Waals surface area contributed by atoms with Crippen LogP contribution in [0.25, 0.3) is 22.0 Å². The lowest BCUT2D eigenvalue weighted by Crippen LogP contribution is -2.34. The van der Waals surface area contributed by atoms with E-state index in [-0.39, 0.29) is 5.91 Å². The zero-order valence-corrected chi connectivity index (χ0v) is 18.9. The molecule has 2 heterocycles. The van der Waals surface area contributed by atoms with Crippen molar-refractivity contribution in [2.45, 2.75) is 25.1 Å². The Balaban J connectivity index is 1.23. The van der Waals surface area contributed by atoms with E-state index in [2.05, 4.69) is 26.7 Å². The summed E-state index contributed by atoms with van der Waals surface area (Å²) in [6.45, 7) is 0.401. The molecule has 0 unspecified atom stereocenters. The number of hydrogen-bond donors (Lipinski definition) is 2. The molecule has 7 nitrogen and oxygen atoms in total. The first-order chi connectivity index (χ1) is 17.2. The van der Waals surface area contributed by atoms with Crippen molar-refractivity contribution in [1.82, 2.24) is 25.3 Å². The van der Waals surface area contributed by atoms with Crippen LogP contribution >= 0.6 is 0 Å². The van der Waals surface area contributed by atoms with Gasteiger partial charge in [-0.05, 0) is 40.3 Å². The van der Waals surface area contributed by atoms with E-state index in [9.17, 15) is 9.90 Å². The van der Waals surface area contributed by atoms with Crippen molar-refractivity contribution in [3.8, 4) is 11.3 Å². The van der Waals surface area contributed by atoms with E-state index in [0.717, 1.165) is 38.7 Å². The number of pyridine rings is 1. The Hall–Kier alpha value is -4.36. The largest absolute Gasteiger partial charge is 0.390 e. The van der Waals surface area contributed by atoms with Crippen LogP contribution in [0.5, 0.6) is 0 Å². The van der Waals surface area contributed by atoms with Crippen molar-refractivity contribution in [3.63, 3.8) is 0 Å². The van der Waals surface area contributed by atoms with E-state index in [1.165, 1.54) is 0 Å². The number of rotatable bonds is 5. The molecule has 3 aromatic carbocycles. The topological polar surface area (TPSA) is 92.9 Å². The fourth-order valence-corrected chi connectivity index (χ4v) is 4.77. The number of nitrogens with one attached hydrogen (secondary N) is 1. The van der Waals surface area contributed by atoms with E-state index in [1.54, 1.807) is 16.9 Å². The SMILES string of the molecule is O=C(N[C@@H]1c2ccccc2C[C@@H]1O)c1ccccc1Cn1cc(-c2ccc3cnccc3c2)nn1. The Kier molecular flexibility index (Phi) is 5.31. The number of benzene rings is 3. The number of aromatic nitrogens is 4. The molecular formula is C28H23N5O2. The third kappa shape index (κ3) is 4.06. The van der Waals surface area contributed by atoms with Gasteiger partial charge in [0, 0.05) is 35.3 Å². The lowest BCUT2D eigenvalue weighted by Gasteiger charge is -2.19. The minimum absolute atomic E-state index is 0.218. The van der Waals surface area contributed by atoms with Gasteiger partial charge in [-0.15, -0.1) is 5.10 Å². The molecule has 2 N–H and O–H groups in total. The van der Waals surface area contributed by atoms with E-state index >= 15 is 0 Å². The third-order valence-corrected chi connectivity index (χ3v) is 6.56. The fraction of sp³-hybridized carbons (Fsp3) is 0.143. The Bertz CT molecular complexity index is 1540. The van der Waals surface area contributed by atoms with Crippen LogP contribution < -0.4 is 5.32 Å². The zero-order chi connectivity index (χ0) is 23.8. The maximum absolute atomic E-state index is 13.2. The van der Waals surface area contributed by atoms with Gasteiger partial charge in [0.15, 0.2) is 0 Å². The van der Waals surface area contributed by atoms with Crippen LogP contribution in [0.4, 0.5) is 0 Å². The fourth-order valence-electron chi connectivity index (χ4n) is 4.77. The smallest absolute Gasteiger partial charge is 0.252 e. The van der Waals surface area contributed by atoms with Crippen molar-refractivity contribution in [2.75, 3.05) is 0 Å². The molecule has 1 aliphatic rings. The van der Waals surface area contributed by atoms with Gasteiger partial charge in [-0.3, -0.25) is 9.78 Å². The standard InChI is InChI=1S/C28H23N5O2/c34-26-14-19-5-1-3-7-23(19)27(26)30-28(35)24-8-4-2-6-22(24)16-33-17-25(31-32-33)20-9-10-21-15-29-12-11-18(21)13-20/h1-13,15,17,26-27,34H,14,16H2,(H,30,35)/t26-,27+/m0/s1. The number of amides is 1. The Morgan fingerprint density at radius 3 is 2.83 bits per heavy atom. The molecule has 35 heavy (non-hydrogen) atoms. The summed E-state index contributed by atoms with van der Waals surface area (Å²) in [4.78, 5) is 17.4. The first-order valence-corrected chi connectivity index (χ1v) is 11.5. The van der Waals surface area contributed by atoms with Crippen molar-refractivity contribution in [1.29, 1.82) is 0 Å². The normalized spacial score (nSPS) is 16.8. The molecular weight excluding hydrogens is 438 g/mol. The number of hydrogen-bond acceptors (Lipinski definition) is 5. The lowest BCUT2D eigenvalue weighted by molar-refractivity contribution is 0.0857. The van der Waals surface area contributed by atoms with Gasteiger partial charge in [-0.1, -0.05) is 59.8 Å². The number of carbonyl (C=O) groups excluding carboxylic acids is 1. The molecule has 1 amide bonds. The second kappa shape index (κ2) is 8.77. The van der Waals surface area contributed by atoms with Crippen LogP contribution in [0, 0.1) is 0 Å². The van der Waals surface area contributed by atoms with Crippen LogP contribution in [-0.2, 0) is 13.0 Å². The number of carbonyl (C=O) groups is 1. The average Bonchev–Trinajstić information content (AvgIpc) is 3.48. The number of aliphatic hydroxyl groups is 1. The molecule has 1 aliphatic carbocycles. The van der Waals surface area contributed by atoms with Gasteiger partial charge in [0.05, 0.1) is 24.9 Å². The highest BCUT2D eigenvalue weighted by Crippen LogP contribution is 2.31. The second-order valence-corrected chi connectivity index (χ2v) is 8.82. The van der Waals surface area contributed by atoms with E-state index in [0.29, 0.717) is 18.5 Å². The van der Waals surface area contributed by atoms with Crippen LogP contribution in [0.1, 0.15) is 33.1 Å². The molecule has 172 valence electrons. The summed E-state index contributed by atoms with van der Waals surface area (Å²) >= 11 is 0. The highest BCUT2D eigenvalue weighted by molar-refractivity contribution is 5.96. The average molecular weight is 462 g/mol. The van der Waals surface area contributed by atoms with Gasteiger partial charge in [0.25, 0.3) is 5.91 Å². The summed E-state index contributed by atoms with van der Waals surface area (Å²) in [7, 11) is 0. The van der Waals surface area contributed by atoms with Crippen LogP contribution in [0.3, 0.4) is 0 Å². The summed E-state index contributed by atoms with van der Waals surface area (Å²) < 4.78 is 1.73. The number of nitrogens with zero attached hydrogens (tertiary/aromatic N) is 4. The van der Waals surface area contributed by atoms with Gasteiger partial charge >= 0.3 is 0 Å². The Labute approximate surface area is 202 Å².